The van der Waals surface area contributed by atoms with Gasteiger partial charge in [0.2, 0.25) is 0 Å². The Morgan fingerprint density at radius 2 is 1.96 bits per heavy atom. The van der Waals surface area contributed by atoms with Crippen LogP contribution in [0.3, 0.4) is 0 Å². The molecule has 0 spiro atoms. The predicted octanol–water partition coefficient (Wildman–Crippen LogP) is 2.93. The number of methoxy groups -OCH3 is 2. The second-order valence-corrected chi connectivity index (χ2v) is 6.01. The highest BCUT2D eigenvalue weighted by Gasteiger charge is 2.15. The van der Waals surface area contributed by atoms with Crippen LogP contribution in [0.5, 0.6) is 0 Å². The Morgan fingerprint density at radius 3 is 2.67 bits per heavy atom. The lowest BCUT2D eigenvalue weighted by Crippen LogP contribution is -2.17. The van der Waals surface area contributed by atoms with Gasteiger partial charge >= 0.3 is 5.97 Å². The molecule has 0 atom stereocenters. The van der Waals surface area contributed by atoms with Crippen LogP contribution in [0, 0.1) is 6.92 Å². The van der Waals surface area contributed by atoms with E-state index in [2.05, 4.69) is 25.3 Å². The molecule has 2 N–H and O–H groups in total. The van der Waals surface area contributed by atoms with Gasteiger partial charge in [-0.2, -0.15) is 0 Å². The summed E-state index contributed by atoms with van der Waals surface area (Å²) in [5.74, 6) is -0.00332. The maximum Gasteiger partial charge on any atom is 0.337 e. The van der Waals surface area contributed by atoms with E-state index in [0.29, 0.717) is 29.8 Å². The summed E-state index contributed by atoms with van der Waals surface area (Å²) in [6.07, 6.45) is 0.803. The zero-order chi connectivity index (χ0) is 19.8. The summed E-state index contributed by atoms with van der Waals surface area (Å²) in [5, 5.41) is 6.08. The third-order valence-corrected chi connectivity index (χ3v) is 3.87. The minimum absolute atomic E-state index is 0.177. The van der Waals surface area contributed by atoms with Gasteiger partial charge in [-0.25, -0.2) is 14.8 Å². The molecule has 0 saturated carbocycles. The smallest absolute Gasteiger partial charge is 0.337 e. The van der Waals surface area contributed by atoms with Crippen LogP contribution in [0.1, 0.15) is 33.1 Å². The van der Waals surface area contributed by atoms with Crippen molar-refractivity contribution >= 4 is 35.0 Å². The van der Waals surface area contributed by atoms with E-state index in [1.165, 1.54) is 25.3 Å². The average Bonchev–Trinajstić information content (AvgIpc) is 2.66. The first-order valence-electron chi connectivity index (χ1n) is 8.22. The lowest BCUT2D eigenvalue weighted by atomic mass is 10.2. The number of nitrogens with one attached hydrogen (secondary N) is 2. The molecular formula is C18H21ClN4O4. The normalized spacial score (nSPS) is 10.4. The summed E-state index contributed by atoms with van der Waals surface area (Å²) < 4.78 is 9.67. The monoisotopic (exact) mass is 392 g/mol. The molecule has 2 rings (SSSR count). The summed E-state index contributed by atoms with van der Waals surface area (Å²) in [6, 6.07) is 6.02. The summed E-state index contributed by atoms with van der Waals surface area (Å²) in [5.41, 5.74) is 0.739. The number of nitrogens with zero attached hydrogens (tertiary/aromatic N) is 2. The van der Waals surface area contributed by atoms with Crippen molar-refractivity contribution in [2.24, 2.45) is 0 Å². The van der Waals surface area contributed by atoms with Crippen molar-refractivity contribution in [1.82, 2.24) is 9.97 Å². The highest BCUT2D eigenvalue weighted by molar-refractivity contribution is 6.34. The van der Waals surface area contributed by atoms with Gasteiger partial charge in [0.05, 0.1) is 23.4 Å². The molecule has 1 aromatic heterocycles. The summed E-state index contributed by atoms with van der Waals surface area (Å²) in [7, 11) is 2.91. The number of ether oxygens (including phenoxy) is 2. The molecule has 2 aromatic rings. The number of benzene rings is 1. The molecule has 8 nitrogen and oxygen atoms in total. The number of anilines is 2. The van der Waals surface area contributed by atoms with Crippen LogP contribution in [-0.4, -0.2) is 49.2 Å². The van der Waals surface area contributed by atoms with Crippen molar-refractivity contribution in [2.75, 3.05) is 38.0 Å². The Bertz CT molecular complexity index is 829. The van der Waals surface area contributed by atoms with Crippen LogP contribution in [0.2, 0.25) is 5.02 Å². The van der Waals surface area contributed by atoms with Gasteiger partial charge in [-0.15, -0.1) is 0 Å². The highest BCUT2D eigenvalue weighted by atomic mass is 35.5. The largest absolute Gasteiger partial charge is 0.465 e. The molecule has 144 valence electrons. The maximum absolute atomic E-state index is 12.6. The van der Waals surface area contributed by atoms with Gasteiger partial charge in [0.1, 0.15) is 17.3 Å². The Morgan fingerprint density at radius 1 is 1.19 bits per heavy atom. The molecule has 0 aliphatic rings. The number of carbonyl (C=O) groups is 2. The molecule has 1 aromatic carbocycles. The minimum Gasteiger partial charge on any atom is -0.465 e. The van der Waals surface area contributed by atoms with Gasteiger partial charge in [0.15, 0.2) is 0 Å². The number of halogens is 1. The predicted molar refractivity (Wildman–Crippen MR) is 102 cm³/mol. The Balaban J connectivity index is 2.16. The Kier molecular flexibility index (Phi) is 7.51. The van der Waals surface area contributed by atoms with Gasteiger partial charge in [0.25, 0.3) is 5.91 Å². The second-order valence-electron chi connectivity index (χ2n) is 5.60. The van der Waals surface area contributed by atoms with Gasteiger partial charge in [-0.05, 0) is 31.5 Å². The van der Waals surface area contributed by atoms with Gasteiger partial charge in [-0.1, -0.05) is 11.6 Å². The topological polar surface area (TPSA) is 102 Å². The quantitative estimate of drug-likeness (QED) is 0.526. The molecular weight excluding hydrogens is 372 g/mol. The summed E-state index contributed by atoms with van der Waals surface area (Å²) in [4.78, 5) is 32.6. The van der Waals surface area contributed by atoms with Crippen LogP contribution in [-0.2, 0) is 9.47 Å². The fourth-order valence-corrected chi connectivity index (χ4v) is 2.42. The van der Waals surface area contributed by atoms with Crippen molar-refractivity contribution in [3.05, 3.63) is 46.4 Å². The molecule has 1 amide bonds. The van der Waals surface area contributed by atoms with Gasteiger partial charge < -0.3 is 20.1 Å². The molecule has 0 bridgehead atoms. The Hall–Kier alpha value is -2.71. The zero-order valence-electron chi connectivity index (χ0n) is 15.3. The second kappa shape index (κ2) is 9.84. The van der Waals surface area contributed by atoms with Gasteiger partial charge in [-0.3, -0.25) is 4.79 Å². The molecule has 0 radical (unpaired) electrons. The number of esters is 1. The summed E-state index contributed by atoms with van der Waals surface area (Å²) >= 11 is 6.11. The van der Waals surface area contributed by atoms with Crippen molar-refractivity contribution in [3.8, 4) is 0 Å². The molecule has 9 heteroatoms. The molecule has 0 fully saturated rings. The third kappa shape index (κ3) is 5.90. The highest BCUT2D eigenvalue weighted by Crippen LogP contribution is 2.24. The van der Waals surface area contributed by atoms with Crippen LogP contribution < -0.4 is 10.6 Å². The SMILES string of the molecule is COCCCNc1cc(C(=O)Nc2cc(C(=O)OC)ccc2Cl)nc(C)n1. The first-order chi connectivity index (χ1) is 12.9. The first-order valence-corrected chi connectivity index (χ1v) is 8.60. The van der Waals surface area contributed by atoms with Gasteiger partial charge in [0, 0.05) is 26.3 Å². The van der Waals surface area contributed by atoms with E-state index in [1.807, 2.05) is 0 Å². The molecule has 0 saturated heterocycles. The number of aromatic nitrogens is 2. The maximum atomic E-state index is 12.6. The third-order valence-electron chi connectivity index (χ3n) is 3.54. The van der Waals surface area contributed by atoms with Crippen molar-refractivity contribution in [2.45, 2.75) is 13.3 Å². The first kappa shape index (κ1) is 20.6. The average molecular weight is 393 g/mol. The number of hydrogen-bond acceptors (Lipinski definition) is 7. The lowest BCUT2D eigenvalue weighted by molar-refractivity contribution is 0.0600. The summed E-state index contributed by atoms with van der Waals surface area (Å²) in [6.45, 7) is 2.97. The van der Waals surface area contributed by atoms with E-state index in [1.54, 1.807) is 20.1 Å². The molecule has 1 heterocycles. The van der Waals surface area contributed by atoms with Crippen LogP contribution in [0.4, 0.5) is 11.5 Å². The molecule has 0 aliphatic carbocycles. The fraction of sp³-hybridized carbons (Fsp3) is 0.333. The lowest BCUT2D eigenvalue weighted by Gasteiger charge is -2.11. The minimum atomic E-state index is -0.525. The van der Waals surface area contributed by atoms with Crippen molar-refractivity contribution in [3.63, 3.8) is 0 Å². The van der Waals surface area contributed by atoms with Crippen molar-refractivity contribution < 1.29 is 19.1 Å². The fourth-order valence-electron chi connectivity index (χ4n) is 2.26. The number of hydrogen-bond donors (Lipinski definition) is 2. The standard InChI is InChI=1S/C18H21ClN4O4/c1-11-21-15(10-16(22-11)20-7-4-8-26-2)17(24)23-14-9-12(18(25)27-3)5-6-13(14)19/h5-6,9-10H,4,7-8H2,1-3H3,(H,23,24)(H,20,21,22). The van der Waals surface area contributed by atoms with Crippen LogP contribution in [0.25, 0.3) is 0 Å². The van der Waals surface area contributed by atoms with Crippen LogP contribution in [0.15, 0.2) is 24.3 Å². The van der Waals surface area contributed by atoms with E-state index >= 15 is 0 Å². The van der Waals surface area contributed by atoms with E-state index in [-0.39, 0.29) is 16.9 Å². The Labute approximate surface area is 162 Å². The number of carbonyl (C=O) groups excluding carboxylic acids is 2. The molecule has 27 heavy (non-hydrogen) atoms. The van der Waals surface area contributed by atoms with E-state index in [4.69, 9.17) is 16.3 Å². The zero-order valence-corrected chi connectivity index (χ0v) is 16.1. The van der Waals surface area contributed by atoms with E-state index in [9.17, 15) is 9.59 Å². The number of amides is 1. The van der Waals surface area contributed by atoms with E-state index in [0.717, 1.165) is 6.42 Å². The van der Waals surface area contributed by atoms with Crippen molar-refractivity contribution in [1.29, 1.82) is 0 Å². The molecule has 0 unspecified atom stereocenters. The van der Waals surface area contributed by atoms with E-state index < -0.39 is 11.9 Å². The number of aryl methyl sites for hydroxylation is 1. The number of rotatable bonds is 8. The molecule has 0 aliphatic heterocycles. The van der Waals surface area contributed by atoms with Crippen LogP contribution >= 0.6 is 11.6 Å².